The van der Waals surface area contributed by atoms with Crippen molar-refractivity contribution in [1.82, 2.24) is 14.8 Å². The van der Waals surface area contributed by atoms with Gasteiger partial charge in [-0.05, 0) is 60.7 Å². The van der Waals surface area contributed by atoms with Crippen molar-refractivity contribution in [1.29, 1.82) is 0 Å². The number of halogens is 2. The molecule has 0 N–H and O–H groups in total. The second-order valence-corrected chi connectivity index (χ2v) is 10.0. The van der Waals surface area contributed by atoms with Gasteiger partial charge in [0.15, 0.2) is 10.3 Å². The van der Waals surface area contributed by atoms with E-state index in [1.165, 1.54) is 24.3 Å². The summed E-state index contributed by atoms with van der Waals surface area (Å²) in [6.07, 6.45) is 0. The van der Waals surface area contributed by atoms with Gasteiger partial charge in [-0.3, -0.25) is 4.98 Å². The Labute approximate surface area is 206 Å². The maximum atomic E-state index is 13.2. The molecule has 2 aliphatic rings. The highest BCUT2D eigenvalue weighted by Gasteiger charge is 2.22. The molecule has 0 aliphatic carbocycles. The monoisotopic (exact) mass is 495 g/mol. The van der Waals surface area contributed by atoms with Crippen molar-refractivity contribution in [2.24, 2.45) is 9.98 Å². The molecule has 174 valence electrons. The molecule has 3 heterocycles. The lowest BCUT2D eigenvalue weighted by molar-refractivity contribution is 0.436. The lowest BCUT2D eigenvalue weighted by atomic mass is 10.2. The van der Waals surface area contributed by atoms with E-state index >= 15 is 0 Å². The lowest BCUT2D eigenvalue weighted by Crippen LogP contribution is -2.26. The summed E-state index contributed by atoms with van der Waals surface area (Å²) in [7, 11) is 0. The number of nitrogens with zero attached hydrogens (tertiary/aromatic N) is 5. The van der Waals surface area contributed by atoms with Crippen LogP contribution in [-0.2, 0) is 13.1 Å². The number of aliphatic imine (C=N–C) groups is 2. The molecule has 34 heavy (non-hydrogen) atoms. The molecule has 1 aromatic heterocycles. The highest BCUT2D eigenvalue weighted by Crippen LogP contribution is 2.26. The molecule has 2 aliphatic heterocycles. The van der Waals surface area contributed by atoms with Crippen molar-refractivity contribution in [3.63, 3.8) is 0 Å². The first kappa shape index (κ1) is 22.9. The van der Waals surface area contributed by atoms with E-state index in [1.54, 1.807) is 47.8 Å². The van der Waals surface area contributed by atoms with Gasteiger partial charge in [0.1, 0.15) is 11.6 Å². The van der Waals surface area contributed by atoms with Gasteiger partial charge in [-0.15, -0.1) is 0 Å². The number of hydrogen-bond acceptors (Lipinski definition) is 5. The molecule has 3 aromatic rings. The molecule has 5 rings (SSSR count). The predicted octanol–water partition coefficient (Wildman–Crippen LogP) is 5.83. The Balaban J connectivity index is 1.27. The van der Waals surface area contributed by atoms with Gasteiger partial charge in [0, 0.05) is 24.6 Å². The van der Waals surface area contributed by atoms with Crippen LogP contribution >= 0.6 is 23.5 Å². The highest BCUT2D eigenvalue weighted by molar-refractivity contribution is 8.14. The summed E-state index contributed by atoms with van der Waals surface area (Å²) in [5, 5.41) is 1.87. The predicted molar refractivity (Wildman–Crippen MR) is 137 cm³/mol. The van der Waals surface area contributed by atoms with Crippen LogP contribution in [0.4, 0.5) is 20.2 Å². The van der Waals surface area contributed by atoms with E-state index in [4.69, 9.17) is 15.0 Å². The van der Waals surface area contributed by atoms with E-state index in [1.807, 2.05) is 18.2 Å². The third-order valence-electron chi connectivity index (χ3n) is 5.40. The normalized spacial score (nSPS) is 18.4. The van der Waals surface area contributed by atoms with Crippen LogP contribution in [-0.4, -0.2) is 49.7 Å². The smallest absolute Gasteiger partial charge is 0.164 e. The molecule has 2 aromatic carbocycles. The maximum Gasteiger partial charge on any atom is 0.164 e. The number of hydrogen-bond donors (Lipinski definition) is 0. The average Bonchev–Trinajstić information content (AvgIpc) is 3.46. The molecular weight excluding hydrogens is 472 g/mol. The largest absolute Gasteiger partial charge is 0.344 e. The molecule has 2 fully saturated rings. The molecule has 9 heteroatoms. The fourth-order valence-corrected chi connectivity index (χ4v) is 5.72. The fraction of sp³-hybridized carbons (Fsp3) is 0.240. The quantitative estimate of drug-likeness (QED) is 0.430. The van der Waals surface area contributed by atoms with Crippen LogP contribution in [0.3, 0.4) is 0 Å². The summed E-state index contributed by atoms with van der Waals surface area (Å²) in [6, 6.07) is 18.6. The summed E-state index contributed by atoms with van der Waals surface area (Å²) in [6.45, 7) is 3.14. The molecule has 0 spiro atoms. The van der Waals surface area contributed by atoms with Gasteiger partial charge in [0.25, 0.3) is 0 Å². The second-order valence-electron chi connectivity index (χ2n) is 7.90. The minimum absolute atomic E-state index is 0.261. The summed E-state index contributed by atoms with van der Waals surface area (Å²) < 4.78 is 26.4. The van der Waals surface area contributed by atoms with Crippen LogP contribution in [0.25, 0.3) is 0 Å². The number of pyridine rings is 1. The zero-order chi connectivity index (χ0) is 23.3. The molecule has 0 atom stereocenters. The van der Waals surface area contributed by atoms with Gasteiger partial charge in [0.05, 0.1) is 35.9 Å². The molecule has 5 nitrogen and oxygen atoms in total. The van der Waals surface area contributed by atoms with E-state index in [2.05, 4.69) is 9.80 Å². The number of rotatable bonds is 6. The third-order valence-corrected chi connectivity index (χ3v) is 7.39. The lowest BCUT2D eigenvalue weighted by Gasteiger charge is -2.20. The Morgan fingerprint density at radius 1 is 0.676 bits per heavy atom. The molecule has 0 radical (unpaired) electrons. The summed E-state index contributed by atoms with van der Waals surface area (Å²) in [5.74, 6) is 1.41. The Bertz CT molecular complexity index is 1110. The van der Waals surface area contributed by atoms with Gasteiger partial charge in [0.2, 0.25) is 0 Å². The van der Waals surface area contributed by atoms with E-state index in [9.17, 15) is 8.78 Å². The fourth-order valence-electron chi connectivity index (χ4n) is 3.72. The van der Waals surface area contributed by atoms with Gasteiger partial charge in [-0.25, -0.2) is 18.8 Å². The van der Waals surface area contributed by atoms with Crippen molar-refractivity contribution < 1.29 is 8.78 Å². The average molecular weight is 496 g/mol. The van der Waals surface area contributed by atoms with Crippen LogP contribution in [0.15, 0.2) is 76.7 Å². The third kappa shape index (κ3) is 5.77. The van der Waals surface area contributed by atoms with Crippen LogP contribution < -0.4 is 0 Å². The Morgan fingerprint density at radius 2 is 1.12 bits per heavy atom. The minimum atomic E-state index is -0.261. The first-order valence-electron chi connectivity index (χ1n) is 11.0. The first-order valence-corrected chi connectivity index (χ1v) is 13.0. The zero-order valence-corrected chi connectivity index (χ0v) is 20.0. The van der Waals surface area contributed by atoms with Crippen LogP contribution in [0.1, 0.15) is 11.4 Å². The van der Waals surface area contributed by atoms with Crippen molar-refractivity contribution in [2.75, 3.05) is 24.6 Å². The number of aromatic nitrogens is 1. The van der Waals surface area contributed by atoms with Crippen LogP contribution in [0.5, 0.6) is 0 Å². The molecule has 2 saturated heterocycles. The Kier molecular flexibility index (Phi) is 7.10. The number of benzene rings is 2. The molecular formula is C25H23F2N5S2. The number of thioether (sulfide) groups is 2. The zero-order valence-electron chi connectivity index (χ0n) is 18.4. The standard InChI is InChI=1S/C25H23F2N5S2/c26-18-4-8-20(9-5-18)29-24-31(12-14-33-24)16-22-2-1-3-23(28-22)17-32-13-15-34-25(32)30-21-10-6-19(27)7-11-21/h1-11H,12-17H2. The van der Waals surface area contributed by atoms with Gasteiger partial charge in [-0.2, -0.15) is 0 Å². The van der Waals surface area contributed by atoms with E-state index in [-0.39, 0.29) is 11.6 Å². The van der Waals surface area contributed by atoms with Crippen LogP contribution in [0, 0.1) is 11.6 Å². The van der Waals surface area contributed by atoms with E-state index in [0.717, 1.165) is 57.7 Å². The van der Waals surface area contributed by atoms with Gasteiger partial charge < -0.3 is 9.80 Å². The van der Waals surface area contributed by atoms with E-state index < -0.39 is 0 Å². The maximum absolute atomic E-state index is 13.2. The van der Waals surface area contributed by atoms with E-state index in [0.29, 0.717) is 13.1 Å². The van der Waals surface area contributed by atoms with Gasteiger partial charge >= 0.3 is 0 Å². The van der Waals surface area contributed by atoms with Crippen molar-refractivity contribution >= 4 is 45.2 Å². The Morgan fingerprint density at radius 3 is 1.56 bits per heavy atom. The molecule has 0 bridgehead atoms. The van der Waals surface area contributed by atoms with Crippen LogP contribution in [0.2, 0.25) is 0 Å². The highest BCUT2D eigenvalue weighted by atomic mass is 32.2. The number of amidine groups is 2. The van der Waals surface area contributed by atoms with Gasteiger partial charge in [-0.1, -0.05) is 29.6 Å². The Hall–Kier alpha value is -2.91. The molecule has 0 saturated carbocycles. The summed E-state index contributed by atoms with van der Waals surface area (Å²) >= 11 is 3.41. The van der Waals surface area contributed by atoms with Crippen molar-refractivity contribution in [3.8, 4) is 0 Å². The van der Waals surface area contributed by atoms with Crippen molar-refractivity contribution in [3.05, 3.63) is 89.8 Å². The summed E-state index contributed by atoms with van der Waals surface area (Å²) in [5.41, 5.74) is 3.46. The first-order chi connectivity index (χ1) is 16.6. The topological polar surface area (TPSA) is 44.1 Å². The molecule has 0 amide bonds. The minimum Gasteiger partial charge on any atom is -0.344 e. The summed E-state index contributed by atoms with van der Waals surface area (Å²) in [4.78, 5) is 18.7. The SMILES string of the molecule is Fc1ccc(N=C2SCCN2Cc2cccc(CN3CCSC3=Nc3ccc(F)cc3)n2)cc1. The second kappa shape index (κ2) is 10.6. The molecule has 0 unspecified atom stereocenters. The van der Waals surface area contributed by atoms with Crippen molar-refractivity contribution in [2.45, 2.75) is 13.1 Å².